The Kier molecular flexibility index (Phi) is 4.16. The normalized spacial score (nSPS) is 13.7. The summed E-state index contributed by atoms with van der Waals surface area (Å²) in [6.45, 7) is 0. The minimum Gasteiger partial charge on any atom is -0.478 e. The molecule has 0 bridgehead atoms. The average molecular weight is 386 g/mol. The van der Waals surface area contributed by atoms with Crippen LogP contribution in [0.5, 0.6) is 0 Å². The number of hydrogen-bond donors (Lipinski definition) is 1. The zero-order chi connectivity index (χ0) is 20.0. The van der Waals surface area contributed by atoms with Crippen molar-refractivity contribution in [3.05, 3.63) is 95.2 Å². The topological polar surface area (TPSA) is 55.1 Å². The van der Waals surface area contributed by atoms with Crippen LogP contribution < -0.4 is 0 Å². The summed E-state index contributed by atoms with van der Waals surface area (Å²) in [5, 5.41) is 10.7. The van der Waals surface area contributed by atoms with Gasteiger partial charge in [0.25, 0.3) is 0 Å². The highest BCUT2D eigenvalue weighted by molar-refractivity contribution is 5.89. The molecule has 1 fully saturated rings. The number of carbonyl (C=O) groups is 1. The summed E-state index contributed by atoms with van der Waals surface area (Å²) >= 11 is 0. The fourth-order valence-electron chi connectivity index (χ4n) is 3.80. The molecular weight excluding hydrogens is 367 g/mol. The number of fused-ring (bicyclic) bond motifs is 1. The quantitative estimate of drug-likeness (QED) is 0.504. The number of carboxylic acid groups (broad SMARTS) is 1. The van der Waals surface area contributed by atoms with Gasteiger partial charge in [0.05, 0.1) is 16.8 Å². The van der Waals surface area contributed by atoms with Crippen LogP contribution in [0.1, 0.15) is 45.9 Å². The first-order valence-electron chi connectivity index (χ1n) is 9.66. The van der Waals surface area contributed by atoms with E-state index in [2.05, 4.69) is 11.1 Å². The Bertz CT molecular complexity index is 1220. The van der Waals surface area contributed by atoms with Gasteiger partial charge in [0, 0.05) is 29.9 Å². The second kappa shape index (κ2) is 6.85. The van der Waals surface area contributed by atoms with Gasteiger partial charge in [0.2, 0.25) is 0 Å². The van der Waals surface area contributed by atoms with Crippen LogP contribution in [0.2, 0.25) is 0 Å². The Morgan fingerprint density at radius 1 is 1.10 bits per heavy atom. The molecule has 0 atom stereocenters. The molecule has 0 aliphatic heterocycles. The molecule has 5 rings (SSSR count). The Hall–Kier alpha value is -3.47. The Morgan fingerprint density at radius 2 is 1.90 bits per heavy atom. The van der Waals surface area contributed by atoms with E-state index in [9.17, 15) is 14.3 Å². The van der Waals surface area contributed by atoms with Crippen molar-refractivity contribution < 1.29 is 14.3 Å². The minimum absolute atomic E-state index is 0.262. The molecule has 0 unspecified atom stereocenters. The van der Waals surface area contributed by atoms with Gasteiger partial charge in [0.15, 0.2) is 0 Å². The van der Waals surface area contributed by atoms with E-state index in [1.807, 2.05) is 35.2 Å². The second-order valence-electron chi connectivity index (χ2n) is 7.57. The molecule has 1 saturated carbocycles. The Morgan fingerprint density at radius 3 is 2.62 bits per heavy atom. The molecule has 0 radical (unpaired) electrons. The number of aromatic nitrogens is 2. The van der Waals surface area contributed by atoms with Crippen LogP contribution in [0.4, 0.5) is 4.39 Å². The van der Waals surface area contributed by atoms with Gasteiger partial charge in [-0.05, 0) is 78.4 Å². The van der Waals surface area contributed by atoms with Crippen molar-refractivity contribution in [3.8, 4) is 5.69 Å². The van der Waals surface area contributed by atoms with Crippen molar-refractivity contribution in [2.45, 2.75) is 25.2 Å². The third kappa shape index (κ3) is 3.40. The molecule has 4 nitrogen and oxygen atoms in total. The molecule has 0 saturated heterocycles. The number of hydrogen-bond acceptors (Lipinski definition) is 2. The van der Waals surface area contributed by atoms with Crippen molar-refractivity contribution in [2.24, 2.45) is 0 Å². The fraction of sp³-hybridized carbons (Fsp3) is 0.167. The Balaban J connectivity index is 1.47. The first-order chi connectivity index (χ1) is 14.1. The first-order valence-corrected chi connectivity index (χ1v) is 9.66. The predicted octanol–water partition coefficient (Wildman–Crippen LogP) is 5.33. The van der Waals surface area contributed by atoms with Gasteiger partial charge in [0.1, 0.15) is 5.82 Å². The fourth-order valence-corrected chi connectivity index (χ4v) is 3.80. The van der Waals surface area contributed by atoms with Crippen molar-refractivity contribution in [1.82, 2.24) is 9.55 Å². The van der Waals surface area contributed by atoms with Gasteiger partial charge < -0.3 is 9.67 Å². The number of nitrogens with zero attached hydrogens (tertiary/aromatic N) is 2. The van der Waals surface area contributed by atoms with E-state index < -0.39 is 5.97 Å². The van der Waals surface area contributed by atoms with Crippen molar-refractivity contribution in [2.75, 3.05) is 0 Å². The van der Waals surface area contributed by atoms with Gasteiger partial charge in [-0.1, -0.05) is 6.07 Å². The lowest BCUT2D eigenvalue weighted by Crippen LogP contribution is -2.07. The molecule has 4 aromatic rings. The highest BCUT2D eigenvalue weighted by Crippen LogP contribution is 2.40. The third-order valence-corrected chi connectivity index (χ3v) is 5.50. The highest BCUT2D eigenvalue weighted by atomic mass is 19.1. The molecule has 144 valence electrons. The number of pyridine rings is 1. The number of benzene rings is 2. The molecule has 2 aromatic carbocycles. The maximum Gasteiger partial charge on any atom is 0.337 e. The number of rotatable bonds is 5. The van der Waals surface area contributed by atoms with Crippen LogP contribution in [0.3, 0.4) is 0 Å². The van der Waals surface area contributed by atoms with Crippen LogP contribution in [0, 0.1) is 5.82 Å². The molecule has 2 heterocycles. The van der Waals surface area contributed by atoms with E-state index in [0.717, 1.165) is 40.6 Å². The minimum atomic E-state index is -0.932. The van der Waals surface area contributed by atoms with E-state index in [-0.39, 0.29) is 5.82 Å². The number of aromatic carboxylic acids is 1. The summed E-state index contributed by atoms with van der Waals surface area (Å²) in [5.74, 6) is -0.724. The smallest absolute Gasteiger partial charge is 0.337 e. The molecule has 0 spiro atoms. The molecule has 1 N–H and O–H groups in total. The summed E-state index contributed by atoms with van der Waals surface area (Å²) in [7, 11) is 0. The van der Waals surface area contributed by atoms with Crippen molar-refractivity contribution in [3.63, 3.8) is 0 Å². The predicted molar refractivity (Wildman–Crippen MR) is 109 cm³/mol. The number of halogens is 1. The first kappa shape index (κ1) is 17.6. The lowest BCUT2D eigenvalue weighted by molar-refractivity contribution is 0.0695. The van der Waals surface area contributed by atoms with Crippen LogP contribution in [-0.4, -0.2) is 20.6 Å². The van der Waals surface area contributed by atoms with Gasteiger partial charge in [-0.3, -0.25) is 4.98 Å². The van der Waals surface area contributed by atoms with E-state index in [0.29, 0.717) is 23.6 Å². The van der Waals surface area contributed by atoms with Crippen LogP contribution in [0.25, 0.3) is 16.6 Å². The lowest BCUT2D eigenvalue weighted by Gasteiger charge is -2.09. The van der Waals surface area contributed by atoms with Gasteiger partial charge in [-0.2, -0.15) is 0 Å². The summed E-state index contributed by atoms with van der Waals surface area (Å²) in [6.07, 6.45) is 6.46. The zero-order valence-electron chi connectivity index (χ0n) is 15.7. The van der Waals surface area contributed by atoms with Gasteiger partial charge in [-0.15, -0.1) is 0 Å². The van der Waals surface area contributed by atoms with E-state index in [1.165, 1.54) is 12.1 Å². The molecular formula is C24H19FN2O2. The standard InChI is InChI=1S/C24H19FN2O2/c25-19-4-6-20(7-5-19)27-10-9-17-11-15(1-8-23(17)27)12-22-21(24(28)29)13-18(14-26-22)16-2-3-16/h1,4-11,13-14,16H,2-3,12H2,(H,28,29). The second-order valence-corrected chi connectivity index (χ2v) is 7.57. The molecule has 29 heavy (non-hydrogen) atoms. The van der Waals surface area contributed by atoms with E-state index in [4.69, 9.17) is 0 Å². The average Bonchev–Trinajstić information content (AvgIpc) is 3.48. The summed E-state index contributed by atoms with van der Waals surface area (Å²) < 4.78 is 15.2. The van der Waals surface area contributed by atoms with Crippen molar-refractivity contribution >= 4 is 16.9 Å². The molecule has 1 aliphatic rings. The van der Waals surface area contributed by atoms with Gasteiger partial charge >= 0.3 is 5.97 Å². The SMILES string of the molecule is O=C(O)c1cc(C2CC2)cnc1Cc1ccc2c(ccn2-c2ccc(F)cc2)c1. The molecule has 2 aromatic heterocycles. The summed E-state index contributed by atoms with van der Waals surface area (Å²) in [5.41, 5.74) is 4.80. The van der Waals surface area contributed by atoms with Crippen LogP contribution in [-0.2, 0) is 6.42 Å². The Labute approximate surface area is 167 Å². The summed E-state index contributed by atoms with van der Waals surface area (Å²) in [4.78, 5) is 16.2. The monoisotopic (exact) mass is 386 g/mol. The lowest BCUT2D eigenvalue weighted by atomic mass is 10.0. The van der Waals surface area contributed by atoms with Crippen molar-refractivity contribution in [1.29, 1.82) is 0 Å². The number of carboxylic acids is 1. The molecule has 0 amide bonds. The molecule has 5 heteroatoms. The van der Waals surface area contributed by atoms with Crippen LogP contribution >= 0.6 is 0 Å². The van der Waals surface area contributed by atoms with Crippen LogP contribution in [0.15, 0.2) is 67.0 Å². The van der Waals surface area contributed by atoms with Gasteiger partial charge in [-0.25, -0.2) is 9.18 Å². The van der Waals surface area contributed by atoms with E-state index >= 15 is 0 Å². The zero-order valence-corrected chi connectivity index (χ0v) is 15.7. The third-order valence-electron chi connectivity index (χ3n) is 5.50. The van der Waals surface area contributed by atoms with E-state index in [1.54, 1.807) is 18.2 Å². The largest absolute Gasteiger partial charge is 0.478 e. The maximum absolute atomic E-state index is 13.2. The maximum atomic E-state index is 13.2. The summed E-state index contributed by atoms with van der Waals surface area (Å²) in [6, 6.07) is 16.2. The highest BCUT2D eigenvalue weighted by Gasteiger charge is 2.25. The molecule has 1 aliphatic carbocycles.